The molecule has 0 amide bonds. The van der Waals surface area contributed by atoms with Gasteiger partial charge in [0, 0.05) is 19.2 Å². The monoisotopic (exact) mass is 288 g/mol. The van der Waals surface area contributed by atoms with Crippen molar-refractivity contribution in [2.45, 2.75) is 51.6 Å². The van der Waals surface area contributed by atoms with Gasteiger partial charge in [-0.3, -0.25) is 0 Å². The first-order valence-corrected chi connectivity index (χ1v) is 8.02. The zero-order valence-electron chi connectivity index (χ0n) is 12.4. The molecule has 0 bridgehead atoms. The van der Waals surface area contributed by atoms with E-state index < -0.39 is 10.0 Å². The van der Waals surface area contributed by atoms with E-state index in [0.717, 1.165) is 13.0 Å². The van der Waals surface area contributed by atoms with Crippen LogP contribution in [0.3, 0.4) is 0 Å². The van der Waals surface area contributed by atoms with Crippen molar-refractivity contribution in [3.05, 3.63) is 17.6 Å². The molecule has 0 aliphatic carbocycles. The molecule has 0 fully saturated rings. The highest BCUT2D eigenvalue weighted by molar-refractivity contribution is 7.89. The van der Waals surface area contributed by atoms with E-state index in [0.29, 0.717) is 18.1 Å². The van der Waals surface area contributed by atoms with E-state index in [1.807, 2.05) is 13.8 Å². The zero-order valence-corrected chi connectivity index (χ0v) is 13.2. The fourth-order valence-corrected chi connectivity index (χ4v) is 3.24. The molecule has 110 valence electrons. The molecule has 0 aliphatic rings. The molecule has 5 nitrogen and oxygen atoms in total. The maximum atomic E-state index is 12.4. The summed E-state index contributed by atoms with van der Waals surface area (Å²) in [5.41, 5.74) is 0. The molecule has 0 unspecified atom stereocenters. The molecule has 1 aromatic rings. The van der Waals surface area contributed by atoms with Crippen LogP contribution in [0.25, 0.3) is 0 Å². The Balaban J connectivity index is 2.95. The van der Waals surface area contributed by atoms with Gasteiger partial charge < -0.3 is 9.73 Å². The normalized spacial score (nSPS) is 12.6. The lowest BCUT2D eigenvalue weighted by molar-refractivity contribution is 0.407. The van der Waals surface area contributed by atoms with Crippen LogP contribution in [0.4, 0.5) is 0 Å². The van der Waals surface area contributed by atoms with Crippen molar-refractivity contribution in [3.63, 3.8) is 0 Å². The second-order valence-corrected chi connectivity index (χ2v) is 6.89. The zero-order chi connectivity index (χ0) is 14.6. The number of sulfonamides is 1. The van der Waals surface area contributed by atoms with Crippen LogP contribution in [-0.2, 0) is 16.6 Å². The largest absolute Gasteiger partial charge is 0.464 e. The molecular formula is C13H24N2O3S. The third kappa shape index (κ3) is 3.81. The van der Waals surface area contributed by atoms with E-state index in [1.54, 1.807) is 20.0 Å². The first-order valence-electron chi connectivity index (χ1n) is 6.58. The Labute approximate surface area is 116 Å². The fourth-order valence-electron chi connectivity index (χ4n) is 1.69. The number of nitrogens with one attached hydrogen (secondary N) is 1. The minimum absolute atomic E-state index is 0.0824. The van der Waals surface area contributed by atoms with Crippen LogP contribution in [0.1, 0.15) is 38.7 Å². The highest BCUT2D eigenvalue weighted by atomic mass is 32.2. The molecule has 0 spiro atoms. The Bertz CT molecular complexity index is 506. The van der Waals surface area contributed by atoms with Crippen molar-refractivity contribution >= 4 is 10.0 Å². The Morgan fingerprint density at radius 2 is 2.05 bits per heavy atom. The van der Waals surface area contributed by atoms with Crippen molar-refractivity contribution in [1.29, 1.82) is 0 Å². The molecule has 1 heterocycles. The van der Waals surface area contributed by atoms with Crippen molar-refractivity contribution in [2.75, 3.05) is 13.6 Å². The van der Waals surface area contributed by atoms with Crippen molar-refractivity contribution < 1.29 is 12.8 Å². The fraction of sp³-hybridized carbons (Fsp3) is 0.692. The lowest BCUT2D eigenvalue weighted by atomic mass is 10.4. The van der Waals surface area contributed by atoms with Gasteiger partial charge in [-0.05, 0) is 33.7 Å². The van der Waals surface area contributed by atoms with Gasteiger partial charge in [-0.1, -0.05) is 6.92 Å². The third-order valence-electron chi connectivity index (χ3n) is 3.03. The summed E-state index contributed by atoms with van der Waals surface area (Å²) in [6.45, 7) is 8.88. The molecule has 0 aromatic carbocycles. The van der Waals surface area contributed by atoms with E-state index in [9.17, 15) is 8.42 Å². The number of hydrogen-bond acceptors (Lipinski definition) is 4. The lowest BCUT2D eigenvalue weighted by Gasteiger charge is -2.20. The van der Waals surface area contributed by atoms with Gasteiger partial charge in [0.2, 0.25) is 10.0 Å². The van der Waals surface area contributed by atoms with Gasteiger partial charge in [-0.2, -0.15) is 4.31 Å². The summed E-state index contributed by atoms with van der Waals surface area (Å²) < 4.78 is 31.6. The molecule has 0 radical (unpaired) electrons. The molecule has 0 saturated carbocycles. The predicted octanol–water partition coefficient (Wildman–Crippen LogP) is 2.12. The first kappa shape index (κ1) is 16.2. The summed E-state index contributed by atoms with van der Waals surface area (Å²) >= 11 is 0. The van der Waals surface area contributed by atoms with Gasteiger partial charge in [-0.15, -0.1) is 0 Å². The average Bonchev–Trinajstić information content (AvgIpc) is 2.70. The number of nitrogens with zero attached hydrogens (tertiary/aromatic N) is 1. The SMILES string of the molecule is CCCNCc1cc(S(=O)(=O)N(C)C(C)C)c(C)o1. The summed E-state index contributed by atoms with van der Waals surface area (Å²) in [6.07, 6.45) is 1.03. The van der Waals surface area contributed by atoms with Crippen molar-refractivity contribution in [1.82, 2.24) is 9.62 Å². The minimum Gasteiger partial charge on any atom is -0.464 e. The quantitative estimate of drug-likeness (QED) is 0.781. The Morgan fingerprint density at radius 1 is 1.42 bits per heavy atom. The van der Waals surface area contributed by atoms with Gasteiger partial charge in [0.05, 0.1) is 6.54 Å². The Hall–Kier alpha value is -0.850. The summed E-state index contributed by atoms with van der Waals surface area (Å²) in [5.74, 6) is 1.10. The number of aryl methyl sites for hydroxylation is 1. The van der Waals surface area contributed by atoms with Gasteiger partial charge in [0.15, 0.2) is 0 Å². The smallest absolute Gasteiger partial charge is 0.246 e. The molecular weight excluding hydrogens is 264 g/mol. The predicted molar refractivity (Wildman–Crippen MR) is 75.5 cm³/mol. The summed E-state index contributed by atoms with van der Waals surface area (Å²) in [7, 11) is -1.88. The van der Waals surface area contributed by atoms with Crippen LogP contribution in [-0.4, -0.2) is 32.4 Å². The number of hydrogen-bond donors (Lipinski definition) is 1. The molecule has 0 saturated heterocycles. The first-order chi connectivity index (χ1) is 8.80. The molecule has 0 atom stereocenters. The minimum atomic E-state index is -3.47. The third-order valence-corrected chi connectivity index (χ3v) is 5.17. The Kier molecular flexibility index (Phi) is 5.58. The molecule has 1 rings (SSSR count). The standard InChI is InChI=1S/C13H24N2O3S/c1-6-7-14-9-12-8-13(11(4)18-12)19(16,17)15(5)10(2)3/h8,10,14H,6-7,9H2,1-5H3. The highest BCUT2D eigenvalue weighted by Crippen LogP contribution is 2.24. The highest BCUT2D eigenvalue weighted by Gasteiger charge is 2.27. The van der Waals surface area contributed by atoms with E-state index >= 15 is 0 Å². The van der Waals surface area contributed by atoms with Crippen LogP contribution < -0.4 is 5.32 Å². The topological polar surface area (TPSA) is 62.6 Å². The van der Waals surface area contributed by atoms with Crippen LogP contribution in [0.2, 0.25) is 0 Å². The van der Waals surface area contributed by atoms with Gasteiger partial charge in [0.25, 0.3) is 0 Å². The number of furan rings is 1. The van der Waals surface area contributed by atoms with Crippen LogP contribution >= 0.6 is 0 Å². The van der Waals surface area contributed by atoms with Crippen molar-refractivity contribution in [3.8, 4) is 0 Å². The molecule has 6 heteroatoms. The average molecular weight is 288 g/mol. The molecule has 1 N–H and O–H groups in total. The van der Waals surface area contributed by atoms with Crippen LogP contribution in [0.15, 0.2) is 15.4 Å². The van der Waals surface area contributed by atoms with Gasteiger partial charge >= 0.3 is 0 Å². The van der Waals surface area contributed by atoms with Gasteiger partial charge in [-0.25, -0.2) is 8.42 Å². The van der Waals surface area contributed by atoms with E-state index in [1.165, 1.54) is 4.31 Å². The Morgan fingerprint density at radius 3 is 2.58 bits per heavy atom. The molecule has 19 heavy (non-hydrogen) atoms. The van der Waals surface area contributed by atoms with Crippen LogP contribution in [0, 0.1) is 6.92 Å². The summed E-state index contributed by atoms with van der Waals surface area (Å²) in [5, 5.41) is 3.19. The van der Waals surface area contributed by atoms with E-state index in [4.69, 9.17) is 4.42 Å². The van der Waals surface area contributed by atoms with Crippen LogP contribution in [0.5, 0.6) is 0 Å². The lowest BCUT2D eigenvalue weighted by Crippen LogP contribution is -2.33. The van der Waals surface area contributed by atoms with Gasteiger partial charge in [0.1, 0.15) is 16.4 Å². The maximum absolute atomic E-state index is 12.4. The molecule has 0 aliphatic heterocycles. The summed E-state index contributed by atoms with van der Waals surface area (Å²) in [4.78, 5) is 0.261. The maximum Gasteiger partial charge on any atom is 0.246 e. The summed E-state index contributed by atoms with van der Waals surface area (Å²) in [6, 6.07) is 1.53. The second kappa shape index (κ2) is 6.54. The van der Waals surface area contributed by atoms with E-state index in [2.05, 4.69) is 12.2 Å². The van der Waals surface area contributed by atoms with Crippen molar-refractivity contribution in [2.24, 2.45) is 0 Å². The molecule has 1 aromatic heterocycles. The van der Waals surface area contributed by atoms with E-state index in [-0.39, 0.29) is 10.9 Å². The second-order valence-electron chi connectivity index (χ2n) is 4.92. The number of rotatable bonds is 7.